The summed E-state index contributed by atoms with van der Waals surface area (Å²) in [6, 6.07) is 9.59. The van der Waals surface area contributed by atoms with Crippen molar-refractivity contribution in [3.63, 3.8) is 0 Å². The van der Waals surface area contributed by atoms with Crippen molar-refractivity contribution < 1.29 is 15.6 Å². The van der Waals surface area contributed by atoms with E-state index in [1.807, 2.05) is 0 Å². The summed E-state index contributed by atoms with van der Waals surface area (Å²) < 4.78 is 0.386. The average Bonchev–Trinajstić information content (AvgIpc) is 3.39. The summed E-state index contributed by atoms with van der Waals surface area (Å²) in [6.45, 7) is 23.7. The topological polar surface area (TPSA) is 0 Å². The minimum absolute atomic E-state index is 0.193. The zero-order chi connectivity index (χ0) is 31.0. The van der Waals surface area contributed by atoms with Crippen molar-refractivity contribution in [2.75, 3.05) is 0 Å². The van der Waals surface area contributed by atoms with E-state index in [0.29, 0.717) is 0 Å². The molecule has 231 valence electrons. The van der Waals surface area contributed by atoms with Gasteiger partial charge in [-0.25, -0.2) is 0 Å². The first-order valence-electron chi connectivity index (χ1n) is 17.0. The monoisotopic (exact) mass is 701 g/mol. The molecule has 2 aromatic carbocycles. The normalized spacial score (nSPS) is 19.5. The molecule has 0 aromatic heterocycles. The summed E-state index contributed by atoms with van der Waals surface area (Å²) in [6.07, 6.45) is 12.6. The number of benzene rings is 2. The molecule has 2 aliphatic rings. The van der Waals surface area contributed by atoms with Gasteiger partial charge in [-0.05, 0) is 0 Å². The molecule has 2 unspecified atom stereocenters. The van der Waals surface area contributed by atoms with Crippen LogP contribution in [-0.2, 0) is 28.4 Å². The number of rotatable bonds is 13. The molecule has 0 heterocycles. The first kappa shape index (κ1) is 34.5. The SMILES string of the molecule is CCCCCCc1ccc(C)c2c1C(C)=C(C)[CH]2[Zr]([Cl])([Cl])([CH]1C(C)=C(C)c2c(CCCCCC)ccc(C)c21)[SiH](C)C. The van der Waals surface area contributed by atoms with Gasteiger partial charge in [0.05, 0.1) is 0 Å². The third kappa shape index (κ3) is 5.72. The van der Waals surface area contributed by atoms with E-state index in [2.05, 4.69) is 92.7 Å². The molecule has 2 aliphatic carbocycles. The van der Waals surface area contributed by atoms with Crippen molar-refractivity contribution in [2.24, 2.45) is 0 Å². The van der Waals surface area contributed by atoms with Crippen molar-refractivity contribution >= 4 is 34.1 Å². The number of halogens is 2. The standard InChI is InChI=1S/2C18H25.C2H7Si.2ClH.Zr/c2*1-5-6-7-8-9-16-11-10-13(2)17-12-14(3)15(4)18(16)17;1-3-2;;;/h2*10-12H,5-9H2,1-4H3;3H,1-2H3;2*1H;/q;;;;;+2/p-2. The molecular formula is C38H57Cl2SiZr. The molecule has 42 heavy (non-hydrogen) atoms. The van der Waals surface area contributed by atoms with Crippen LogP contribution in [0.4, 0.5) is 0 Å². The van der Waals surface area contributed by atoms with E-state index in [0.717, 1.165) is 12.8 Å². The van der Waals surface area contributed by atoms with Gasteiger partial charge in [-0.3, -0.25) is 0 Å². The Kier molecular flexibility index (Phi) is 11.1. The first-order chi connectivity index (χ1) is 19.8. The molecule has 4 heteroatoms. The third-order valence-electron chi connectivity index (χ3n) is 11.3. The molecule has 4 rings (SSSR count). The van der Waals surface area contributed by atoms with Crippen molar-refractivity contribution in [3.8, 4) is 0 Å². The predicted octanol–water partition coefficient (Wildman–Crippen LogP) is 12.9. The molecule has 2 atom stereocenters. The van der Waals surface area contributed by atoms with Crippen molar-refractivity contribution in [1.29, 1.82) is 0 Å². The average molecular weight is 704 g/mol. The number of fused-ring (bicyclic) bond motifs is 2. The molecule has 0 fully saturated rings. The van der Waals surface area contributed by atoms with Gasteiger partial charge in [0.25, 0.3) is 0 Å². The first-order valence-corrected chi connectivity index (χ1v) is 33.3. The summed E-state index contributed by atoms with van der Waals surface area (Å²) in [5.41, 5.74) is 17.7. The molecule has 0 bridgehead atoms. The van der Waals surface area contributed by atoms with Crippen molar-refractivity contribution in [2.45, 2.75) is 140 Å². The fourth-order valence-electron chi connectivity index (χ4n) is 8.54. The minimum atomic E-state index is -4.69. The second-order valence-electron chi connectivity index (χ2n) is 14.1. The molecule has 0 nitrogen and oxygen atoms in total. The molecular weight excluding hydrogens is 647 g/mol. The van der Waals surface area contributed by atoms with Crippen LogP contribution in [0.1, 0.15) is 145 Å². The van der Waals surface area contributed by atoms with Gasteiger partial charge in [0.15, 0.2) is 0 Å². The molecule has 0 aliphatic heterocycles. The van der Waals surface area contributed by atoms with Gasteiger partial charge >= 0.3 is 270 Å². The van der Waals surface area contributed by atoms with Crippen LogP contribution in [0.25, 0.3) is 11.1 Å². The van der Waals surface area contributed by atoms with Crippen LogP contribution in [-0.4, -0.2) is 5.92 Å². The van der Waals surface area contributed by atoms with E-state index in [-0.39, 0.29) is 7.25 Å². The van der Waals surface area contributed by atoms with Gasteiger partial charge in [-0.15, -0.1) is 0 Å². The van der Waals surface area contributed by atoms with E-state index in [1.54, 1.807) is 0 Å². The zero-order valence-electron chi connectivity index (χ0n) is 28.4. The quantitative estimate of drug-likeness (QED) is 0.144. The van der Waals surface area contributed by atoms with Crippen LogP contribution in [0, 0.1) is 13.8 Å². The zero-order valence-corrected chi connectivity index (χ0v) is 33.5. The molecule has 0 saturated carbocycles. The summed E-state index contributed by atoms with van der Waals surface area (Å²) in [7, 11) is 17.3. The summed E-state index contributed by atoms with van der Waals surface area (Å²) in [5, 5.41) is 0. The van der Waals surface area contributed by atoms with E-state index in [4.69, 9.17) is 17.0 Å². The third-order valence-corrected chi connectivity index (χ3v) is 63.3. The van der Waals surface area contributed by atoms with Crippen LogP contribution in [0.2, 0.25) is 13.1 Å². The van der Waals surface area contributed by atoms with Gasteiger partial charge in [0.1, 0.15) is 0 Å². The Morgan fingerprint density at radius 2 is 0.976 bits per heavy atom. The summed E-state index contributed by atoms with van der Waals surface area (Å²) >= 11 is -4.69. The van der Waals surface area contributed by atoms with Crippen LogP contribution in [0.15, 0.2) is 35.4 Å². The van der Waals surface area contributed by atoms with Crippen molar-refractivity contribution in [1.82, 2.24) is 0 Å². The molecule has 0 N–H and O–H groups in total. The second-order valence-corrected chi connectivity index (χ2v) is 56.7. The number of aryl methyl sites for hydroxylation is 4. The molecule has 0 amide bonds. The Morgan fingerprint density at radius 1 is 0.595 bits per heavy atom. The van der Waals surface area contributed by atoms with Gasteiger partial charge in [0, 0.05) is 0 Å². The van der Waals surface area contributed by atoms with Gasteiger partial charge in [0.2, 0.25) is 0 Å². The summed E-state index contributed by atoms with van der Waals surface area (Å²) in [4.78, 5) is 0. The maximum absolute atomic E-state index is 8.63. The molecule has 0 radical (unpaired) electrons. The molecule has 2 aromatic rings. The van der Waals surface area contributed by atoms with Crippen LogP contribution in [0.5, 0.6) is 0 Å². The van der Waals surface area contributed by atoms with E-state index in [9.17, 15) is 0 Å². The van der Waals surface area contributed by atoms with E-state index in [1.165, 1.54) is 118 Å². The van der Waals surface area contributed by atoms with E-state index >= 15 is 0 Å². The number of allylic oxidation sites excluding steroid dienone is 4. The maximum atomic E-state index is 8.63. The predicted molar refractivity (Wildman–Crippen MR) is 191 cm³/mol. The van der Waals surface area contributed by atoms with Crippen LogP contribution >= 0.6 is 17.0 Å². The van der Waals surface area contributed by atoms with Gasteiger partial charge in [-0.1, -0.05) is 0 Å². The fraction of sp³-hybridized carbons (Fsp3) is 0.579. The number of hydrogen-bond donors (Lipinski definition) is 0. The van der Waals surface area contributed by atoms with Crippen LogP contribution in [0.3, 0.4) is 0 Å². The van der Waals surface area contributed by atoms with Gasteiger partial charge in [-0.2, -0.15) is 0 Å². The fourth-order valence-corrected chi connectivity index (χ4v) is 41.6. The molecule has 0 spiro atoms. The molecule has 0 saturated heterocycles. The Balaban J connectivity index is 1.92. The number of hydrogen-bond acceptors (Lipinski definition) is 0. The summed E-state index contributed by atoms with van der Waals surface area (Å²) in [5.74, 6) is -1.53. The van der Waals surface area contributed by atoms with Gasteiger partial charge < -0.3 is 0 Å². The Bertz CT molecular complexity index is 1300. The van der Waals surface area contributed by atoms with Crippen molar-refractivity contribution in [3.05, 3.63) is 79.9 Å². The second kappa shape index (κ2) is 13.5. The Hall–Kier alpha value is -0.400. The van der Waals surface area contributed by atoms with Crippen LogP contribution < -0.4 is 0 Å². The number of unbranched alkanes of at least 4 members (excludes halogenated alkanes) is 6. The Morgan fingerprint density at radius 3 is 1.31 bits per heavy atom. The van der Waals surface area contributed by atoms with E-state index < -0.39 is 21.5 Å². The Labute approximate surface area is 267 Å².